The predicted octanol–water partition coefficient (Wildman–Crippen LogP) is 3.02. The highest BCUT2D eigenvalue weighted by atomic mass is 16.6. The molecule has 0 aliphatic carbocycles. The van der Waals surface area contributed by atoms with Gasteiger partial charge in [0.1, 0.15) is 0 Å². The Kier molecular flexibility index (Phi) is 8.58. The highest BCUT2D eigenvalue weighted by Gasteiger charge is 2.24. The molecule has 150 valence electrons. The van der Waals surface area contributed by atoms with E-state index in [2.05, 4.69) is 36.2 Å². The smallest absolute Gasteiger partial charge is 0.409 e. The second-order valence-corrected chi connectivity index (χ2v) is 7.33. The first-order valence-corrected chi connectivity index (χ1v) is 9.98. The van der Waals surface area contributed by atoms with E-state index >= 15 is 0 Å². The number of benzene rings is 1. The van der Waals surface area contributed by atoms with Gasteiger partial charge in [-0.15, -0.1) is 0 Å². The van der Waals surface area contributed by atoms with Gasteiger partial charge in [0.15, 0.2) is 0 Å². The maximum absolute atomic E-state index is 12.4. The van der Waals surface area contributed by atoms with Crippen molar-refractivity contribution in [1.29, 1.82) is 0 Å². The van der Waals surface area contributed by atoms with Gasteiger partial charge >= 0.3 is 6.09 Å². The van der Waals surface area contributed by atoms with Gasteiger partial charge in [0, 0.05) is 44.7 Å². The minimum absolute atomic E-state index is 0.0864. The van der Waals surface area contributed by atoms with Crippen LogP contribution in [0, 0.1) is 0 Å². The Hall–Kier alpha value is -2.08. The summed E-state index contributed by atoms with van der Waals surface area (Å²) in [6.07, 6.45) is 1.80. The number of amides is 2. The first-order valence-electron chi connectivity index (χ1n) is 9.98. The molecule has 1 aromatic carbocycles. The zero-order chi connectivity index (χ0) is 19.6. The normalized spacial score (nSPS) is 15.2. The summed E-state index contributed by atoms with van der Waals surface area (Å²) in [5.74, 6) is 0.0864. The molecule has 0 aromatic heterocycles. The van der Waals surface area contributed by atoms with Gasteiger partial charge in [-0.1, -0.05) is 30.3 Å². The number of hydrogen-bond donors (Lipinski definition) is 1. The van der Waals surface area contributed by atoms with Crippen LogP contribution in [0.4, 0.5) is 4.79 Å². The first kappa shape index (κ1) is 21.2. The third-order valence-corrected chi connectivity index (χ3v) is 4.97. The van der Waals surface area contributed by atoms with Crippen molar-refractivity contribution >= 4 is 12.0 Å². The molecule has 0 unspecified atom stereocenters. The van der Waals surface area contributed by atoms with Crippen LogP contribution in [0.2, 0.25) is 0 Å². The van der Waals surface area contributed by atoms with Crippen molar-refractivity contribution < 1.29 is 14.3 Å². The van der Waals surface area contributed by atoms with Crippen molar-refractivity contribution in [2.75, 3.05) is 26.2 Å². The Labute approximate surface area is 162 Å². The van der Waals surface area contributed by atoms with Gasteiger partial charge in [-0.2, -0.15) is 0 Å². The molecule has 0 saturated carbocycles. The summed E-state index contributed by atoms with van der Waals surface area (Å²) in [6.45, 7) is 9.38. The molecule has 1 aliphatic heterocycles. The second-order valence-electron chi connectivity index (χ2n) is 7.33. The summed E-state index contributed by atoms with van der Waals surface area (Å²) in [5, 5.41) is 3.12. The van der Waals surface area contributed by atoms with Crippen LogP contribution in [0.5, 0.6) is 0 Å². The van der Waals surface area contributed by atoms with E-state index in [4.69, 9.17) is 4.74 Å². The van der Waals surface area contributed by atoms with E-state index in [9.17, 15) is 9.59 Å². The fourth-order valence-corrected chi connectivity index (χ4v) is 3.30. The SMILES string of the molecule is CCOC(=O)N1CCC(NC(=O)CCN(Cc2ccccc2)C(C)C)CC1. The quantitative estimate of drug-likeness (QED) is 0.759. The van der Waals surface area contributed by atoms with Crippen LogP contribution in [0.1, 0.15) is 45.6 Å². The van der Waals surface area contributed by atoms with Crippen molar-refractivity contribution in [2.45, 2.75) is 58.7 Å². The van der Waals surface area contributed by atoms with Gasteiger partial charge in [0.05, 0.1) is 6.61 Å². The molecule has 1 aromatic rings. The molecule has 27 heavy (non-hydrogen) atoms. The lowest BCUT2D eigenvalue weighted by Crippen LogP contribution is -2.47. The molecule has 6 nitrogen and oxygen atoms in total. The van der Waals surface area contributed by atoms with Crippen molar-refractivity contribution in [1.82, 2.24) is 15.1 Å². The van der Waals surface area contributed by atoms with E-state index in [0.29, 0.717) is 32.2 Å². The molecule has 1 saturated heterocycles. The average molecular weight is 376 g/mol. The number of carbonyl (C=O) groups is 2. The molecule has 0 atom stereocenters. The Morgan fingerprint density at radius 2 is 1.89 bits per heavy atom. The van der Waals surface area contributed by atoms with Gasteiger partial charge in [0.2, 0.25) is 5.91 Å². The largest absolute Gasteiger partial charge is 0.450 e. The van der Waals surface area contributed by atoms with Gasteiger partial charge in [0.25, 0.3) is 0 Å². The number of nitrogens with one attached hydrogen (secondary N) is 1. The fourth-order valence-electron chi connectivity index (χ4n) is 3.30. The number of carbonyl (C=O) groups excluding carboxylic acids is 2. The zero-order valence-electron chi connectivity index (χ0n) is 16.8. The van der Waals surface area contributed by atoms with E-state index in [1.165, 1.54) is 5.56 Å². The average Bonchev–Trinajstić information content (AvgIpc) is 2.66. The van der Waals surface area contributed by atoms with E-state index in [-0.39, 0.29) is 18.0 Å². The fraction of sp³-hybridized carbons (Fsp3) is 0.619. The monoisotopic (exact) mass is 375 g/mol. The summed E-state index contributed by atoms with van der Waals surface area (Å²) < 4.78 is 5.03. The molecule has 1 N–H and O–H groups in total. The number of piperidine rings is 1. The van der Waals surface area contributed by atoms with Gasteiger partial charge in [-0.25, -0.2) is 4.79 Å². The highest BCUT2D eigenvalue weighted by molar-refractivity contribution is 5.76. The first-order chi connectivity index (χ1) is 13.0. The summed E-state index contributed by atoms with van der Waals surface area (Å²) in [7, 11) is 0. The van der Waals surface area contributed by atoms with E-state index in [1.54, 1.807) is 4.90 Å². The summed E-state index contributed by atoms with van der Waals surface area (Å²) in [5.41, 5.74) is 1.26. The molecule has 2 amide bonds. The molecule has 2 rings (SSSR count). The molecule has 1 aliphatic rings. The minimum atomic E-state index is -0.254. The second kappa shape index (κ2) is 10.9. The lowest BCUT2D eigenvalue weighted by molar-refractivity contribution is -0.122. The lowest BCUT2D eigenvalue weighted by atomic mass is 10.1. The van der Waals surface area contributed by atoms with Gasteiger partial charge in [-0.05, 0) is 39.2 Å². The van der Waals surface area contributed by atoms with Gasteiger partial charge < -0.3 is 15.0 Å². The van der Waals surface area contributed by atoms with Crippen LogP contribution in [-0.4, -0.2) is 60.1 Å². The predicted molar refractivity (Wildman–Crippen MR) is 106 cm³/mol. The molecule has 0 bridgehead atoms. The molecule has 1 fully saturated rings. The van der Waals surface area contributed by atoms with Crippen LogP contribution in [0.25, 0.3) is 0 Å². The molecule has 6 heteroatoms. The summed E-state index contributed by atoms with van der Waals surface area (Å²) in [4.78, 5) is 28.1. The van der Waals surface area contributed by atoms with Crippen LogP contribution in [0.3, 0.4) is 0 Å². The summed E-state index contributed by atoms with van der Waals surface area (Å²) in [6, 6.07) is 10.9. The van der Waals surface area contributed by atoms with Crippen molar-refractivity contribution in [3.63, 3.8) is 0 Å². The summed E-state index contributed by atoms with van der Waals surface area (Å²) >= 11 is 0. The number of likely N-dealkylation sites (tertiary alicyclic amines) is 1. The Morgan fingerprint density at radius 3 is 2.48 bits per heavy atom. The number of ether oxygens (including phenoxy) is 1. The van der Waals surface area contributed by atoms with Crippen molar-refractivity contribution in [3.05, 3.63) is 35.9 Å². The maximum atomic E-state index is 12.4. The lowest BCUT2D eigenvalue weighted by Gasteiger charge is -2.32. The zero-order valence-corrected chi connectivity index (χ0v) is 16.8. The maximum Gasteiger partial charge on any atom is 0.409 e. The number of hydrogen-bond acceptors (Lipinski definition) is 4. The molecule has 1 heterocycles. The molecule has 0 spiro atoms. The third kappa shape index (κ3) is 7.21. The van der Waals surface area contributed by atoms with Crippen molar-refractivity contribution in [3.8, 4) is 0 Å². The molecular weight excluding hydrogens is 342 g/mol. The van der Waals surface area contributed by atoms with Crippen molar-refractivity contribution in [2.24, 2.45) is 0 Å². The molecule has 0 radical (unpaired) electrons. The van der Waals surface area contributed by atoms with Gasteiger partial charge in [-0.3, -0.25) is 9.69 Å². The van der Waals surface area contributed by atoms with E-state index < -0.39 is 0 Å². The highest BCUT2D eigenvalue weighted by Crippen LogP contribution is 2.12. The topological polar surface area (TPSA) is 61.9 Å². The standard InChI is InChI=1S/C21H33N3O3/c1-4-27-21(26)23-13-10-19(11-14-23)22-20(25)12-15-24(17(2)3)16-18-8-6-5-7-9-18/h5-9,17,19H,4,10-16H2,1-3H3,(H,22,25). The van der Waals surface area contributed by atoms with Crippen LogP contribution in [-0.2, 0) is 16.1 Å². The van der Waals surface area contributed by atoms with E-state index in [0.717, 1.165) is 25.9 Å². The number of nitrogens with zero attached hydrogens (tertiary/aromatic N) is 2. The number of rotatable bonds is 8. The minimum Gasteiger partial charge on any atom is -0.450 e. The van der Waals surface area contributed by atoms with E-state index in [1.807, 2.05) is 25.1 Å². The Morgan fingerprint density at radius 1 is 1.22 bits per heavy atom. The molecular formula is C21H33N3O3. The van der Waals surface area contributed by atoms with Crippen LogP contribution in [0.15, 0.2) is 30.3 Å². The van der Waals surface area contributed by atoms with Crippen LogP contribution < -0.4 is 5.32 Å². The Balaban J connectivity index is 1.72. The third-order valence-electron chi connectivity index (χ3n) is 4.97. The Bertz CT molecular complexity index is 584. The van der Waals surface area contributed by atoms with Crippen LogP contribution >= 0.6 is 0 Å².